The second-order valence-corrected chi connectivity index (χ2v) is 11.6. The maximum absolute atomic E-state index is 13.0. The van der Waals surface area contributed by atoms with Gasteiger partial charge in [-0.25, -0.2) is 4.79 Å². The standard InChI is InChI=1S/C28H51N11O10/c1-13(2)10-18(26(47)36-15(4)23(44)37-17(27(48)49)6-5-9-33-28(31)32)38-22(43)14(3)35-21(42)11-34-25(46)19(12-40)39-24(45)16(29)7-8-20(30)41/h13-19,40H,5-12,29H2,1-4H3,(H2,30,41)(H,34,46)(H,35,42)(H,36,47)(H,37,44)(H,38,43)(H,39,45)(H,48,49)(H4,31,32,33)/t14-,15-,16-,17-,18-,19-/m0/s1. The minimum absolute atomic E-state index is 0.0187. The minimum atomic E-state index is -1.47. The van der Waals surface area contributed by atoms with Gasteiger partial charge in [0.25, 0.3) is 0 Å². The second-order valence-electron chi connectivity index (χ2n) is 11.6. The molecule has 6 atom stereocenters. The number of guanidine groups is 1. The lowest BCUT2D eigenvalue weighted by molar-refractivity contribution is -0.142. The van der Waals surface area contributed by atoms with E-state index in [-0.39, 0.29) is 50.5 Å². The van der Waals surface area contributed by atoms with Gasteiger partial charge < -0.3 is 65.0 Å². The highest BCUT2D eigenvalue weighted by Crippen LogP contribution is 2.07. The molecule has 0 unspecified atom stereocenters. The molecule has 0 aliphatic heterocycles. The van der Waals surface area contributed by atoms with Crippen molar-refractivity contribution in [3.05, 3.63) is 0 Å². The molecular formula is C28H51N11O10. The molecule has 0 aromatic heterocycles. The minimum Gasteiger partial charge on any atom is -0.480 e. The summed E-state index contributed by atoms with van der Waals surface area (Å²) >= 11 is 0. The predicted octanol–water partition coefficient (Wildman–Crippen LogP) is -5.66. The van der Waals surface area contributed by atoms with E-state index in [1.165, 1.54) is 13.8 Å². The van der Waals surface area contributed by atoms with Crippen LogP contribution in [0.5, 0.6) is 0 Å². The third-order valence-electron chi connectivity index (χ3n) is 6.70. The smallest absolute Gasteiger partial charge is 0.326 e. The Hall–Kier alpha value is -5.05. The van der Waals surface area contributed by atoms with Crippen molar-refractivity contribution in [2.75, 3.05) is 19.7 Å². The van der Waals surface area contributed by atoms with Crippen molar-refractivity contribution in [1.82, 2.24) is 31.9 Å². The van der Waals surface area contributed by atoms with Crippen LogP contribution >= 0.6 is 0 Å². The molecule has 0 bridgehead atoms. The molecule has 0 aliphatic carbocycles. The van der Waals surface area contributed by atoms with Crippen molar-refractivity contribution in [1.29, 1.82) is 0 Å². The van der Waals surface area contributed by atoms with Crippen LogP contribution in [0.2, 0.25) is 0 Å². The Morgan fingerprint density at radius 1 is 0.694 bits per heavy atom. The summed E-state index contributed by atoms with van der Waals surface area (Å²) in [5, 5.41) is 33.0. The monoisotopic (exact) mass is 701 g/mol. The van der Waals surface area contributed by atoms with E-state index >= 15 is 0 Å². The average Bonchev–Trinajstić information content (AvgIpc) is 3.01. The molecule has 0 aliphatic rings. The van der Waals surface area contributed by atoms with E-state index in [1.807, 2.05) is 0 Å². The number of carboxylic acid groups (broad SMARTS) is 1. The molecule has 49 heavy (non-hydrogen) atoms. The van der Waals surface area contributed by atoms with E-state index in [4.69, 9.17) is 22.9 Å². The number of aliphatic hydroxyl groups excluding tert-OH is 1. The van der Waals surface area contributed by atoms with Crippen LogP contribution in [0.1, 0.15) is 59.8 Å². The molecule has 16 N–H and O–H groups in total. The lowest BCUT2D eigenvalue weighted by atomic mass is 10.0. The first kappa shape index (κ1) is 43.9. The van der Waals surface area contributed by atoms with Gasteiger partial charge in [0.2, 0.25) is 41.4 Å². The summed E-state index contributed by atoms with van der Waals surface area (Å²) in [7, 11) is 0. The van der Waals surface area contributed by atoms with Crippen molar-refractivity contribution in [2.45, 2.75) is 96.1 Å². The van der Waals surface area contributed by atoms with Crippen LogP contribution in [0.4, 0.5) is 0 Å². The molecule has 21 nitrogen and oxygen atoms in total. The molecule has 7 amide bonds. The quantitative estimate of drug-likeness (QED) is 0.0269. The number of nitrogens with one attached hydrogen (secondary N) is 6. The van der Waals surface area contributed by atoms with Crippen molar-refractivity contribution >= 4 is 53.3 Å². The van der Waals surface area contributed by atoms with Gasteiger partial charge in [-0.2, -0.15) is 0 Å². The second kappa shape index (κ2) is 22.5. The van der Waals surface area contributed by atoms with E-state index in [9.17, 15) is 48.6 Å². The predicted molar refractivity (Wildman–Crippen MR) is 175 cm³/mol. The number of aliphatic imine (C=N–C) groups is 1. The van der Waals surface area contributed by atoms with Gasteiger partial charge in [0.1, 0.15) is 30.2 Å². The van der Waals surface area contributed by atoms with Gasteiger partial charge in [0.05, 0.1) is 19.2 Å². The maximum atomic E-state index is 13.0. The van der Waals surface area contributed by atoms with Crippen LogP contribution in [0.3, 0.4) is 0 Å². The number of carbonyl (C=O) groups is 8. The molecule has 0 rings (SSSR count). The number of carboxylic acids is 1. The number of amides is 7. The lowest BCUT2D eigenvalue weighted by Crippen LogP contribution is -2.57. The molecule has 0 saturated heterocycles. The first-order chi connectivity index (χ1) is 22.8. The summed E-state index contributed by atoms with van der Waals surface area (Å²) in [4.78, 5) is 102. The van der Waals surface area contributed by atoms with Crippen LogP contribution in [-0.4, -0.2) is 119 Å². The van der Waals surface area contributed by atoms with Gasteiger partial charge in [0.15, 0.2) is 5.96 Å². The van der Waals surface area contributed by atoms with E-state index in [0.717, 1.165) is 0 Å². The van der Waals surface area contributed by atoms with Crippen LogP contribution in [-0.2, 0) is 38.4 Å². The number of primary amides is 1. The summed E-state index contributed by atoms with van der Waals surface area (Å²) in [5.74, 6) is -7.10. The molecule has 0 radical (unpaired) electrons. The largest absolute Gasteiger partial charge is 0.480 e. The Balaban J connectivity index is 5.11. The van der Waals surface area contributed by atoms with Crippen molar-refractivity contribution in [3.8, 4) is 0 Å². The zero-order valence-corrected chi connectivity index (χ0v) is 28.1. The maximum Gasteiger partial charge on any atom is 0.326 e. The van der Waals surface area contributed by atoms with Crippen molar-refractivity contribution < 1.29 is 48.6 Å². The van der Waals surface area contributed by atoms with Crippen LogP contribution in [0.15, 0.2) is 4.99 Å². The number of nitrogens with two attached hydrogens (primary N) is 4. The summed E-state index contributed by atoms with van der Waals surface area (Å²) in [6.07, 6.45) is 0.163. The topological polar surface area (TPSA) is 366 Å². The zero-order valence-electron chi connectivity index (χ0n) is 28.1. The first-order valence-electron chi connectivity index (χ1n) is 15.5. The van der Waals surface area contributed by atoms with Gasteiger partial charge in [-0.3, -0.25) is 38.6 Å². The highest BCUT2D eigenvalue weighted by atomic mass is 16.4. The number of aliphatic hydroxyl groups is 1. The SMILES string of the molecule is CC(C)C[C@H](NC(=O)[C@H](C)NC(=O)CNC(=O)[C@H](CO)NC(=O)[C@@H](N)CCC(N)=O)C(=O)N[C@@H](C)C(=O)N[C@@H](CCCN=C(N)N)C(=O)O. The van der Waals surface area contributed by atoms with Crippen LogP contribution in [0.25, 0.3) is 0 Å². The van der Waals surface area contributed by atoms with Gasteiger partial charge >= 0.3 is 5.97 Å². The number of rotatable bonds is 23. The average molecular weight is 702 g/mol. The molecule has 21 heteroatoms. The number of aliphatic carboxylic acids is 1. The molecule has 0 aromatic rings. The molecule has 278 valence electrons. The molecule has 0 spiro atoms. The van der Waals surface area contributed by atoms with Gasteiger partial charge in [-0.15, -0.1) is 0 Å². The third-order valence-corrected chi connectivity index (χ3v) is 6.70. The van der Waals surface area contributed by atoms with E-state index < -0.39 is 96.7 Å². The molecule has 0 aromatic carbocycles. The molecule has 0 fully saturated rings. The fourth-order valence-electron chi connectivity index (χ4n) is 3.99. The number of hydrogen-bond donors (Lipinski definition) is 12. The Bertz CT molecular complexity index is 1210. The highest BCUT2D eigenvalue weighted by Gasteiger charge is 2.29. The normalized spacial score (nSPS) is 14.4. The number of carbonyl (C=O) groups excluding carboxylic acids is 7. The summed E-state index contributed by atoms with van der Waals surface area (Å²) in [6.45, 7) is 4.90. The van der Waals surface area contributed by atoms with Gasteiger partial charge in [-0.05, 0) is 45.4 Å². The van der Waals surface area contributed by atoms with E-state index in [2.05, 4.69) is 36.9 Å². The Labute approximate surface area is 283 Å². The van der Waals surface area contributed by atoms with Gasteiger partial charge in [0, 0.05) is 13.0 Å². The summed E-state index contributed by atoms with van der Waals surface area (Å²) < 4.78 is 0. The van der Waals surface area contributed by atoms with Crippen molar-refractivity contribution in [3.63, 3.8) is 0 Å². The van der Waals surface area contributed by atoms with E-state index in [1.54, 1.807) is 13.8 Å². The molecule has 0 heterocycles. The van der Waals surface area contributed by atoms with Crippen LogP contribution < -0.4 is 54.8 Å². The third kappa shape index (κ3) is 18.8. The van der Waals surface area contributed by atoms with Crippen LogP contribution in [0, 0.1) is 5.92 Å². The van der Waals surface area contributed by atoms with E-state index in [0.29, 0.717) is 0 Å². The first-order valence-corrected chi connectivity index (χ1v) is 15.5. The Kier molecular flexibility index (Phi) is 20.2. The fraction of sp³-hybridized carbons (Fsp3) is 0.679. The Morgan fingerprint density at radius 3 is 1.76 bits per heavy atom. The van der Waals surface area contributed by atoms with Gasteiger partial charge in [-0.1, -0.05) is 13.8 Å². The zero-order chi connectivity index (χ0) is 37.8. The molecular weight excluding hydrogens is 650 g/mol. The molecule has 0 saturated carbocycles. The number of hydrogen-bond acceptors (Lipinski definition) is 11. The highest BCUT2D eigenvalue weighted by molar-refractivity contribution is 5.96. The summed E-state index contributed by atoms with van der Waals surface area (Å²) in [5.41, 5.74) is 21.1. The summed E-state index contributed by atoms with van der Waals surface area (Å²) in [6, 6.07) is -7.43. The number of nitrogens with zero attached hydrogens (tertiary/aromatic N) is 1. The lowest BCUT2D eigenvalue weighted by Gasteiger charge is -2.25. The van der Waals surface area contributed by atoms with Crippen molar-refractivity contribution in [2.24, 2.45) is 33.8 Å². The Morgan fingerprint density at radius 2 is 1.24 bits per heavy atom. The fourth-order valence-corrected chi connectivity index (χ4v) is 3.99.